The quantitative estimate of drug-likeness (QED) is 0.537. The van der Waals surface area contributed by atoms with Crippen LogP contribution in [-0.4, -0.2) is 5.78 Å². The van der Waals surface area contributed by atoms with Crippen LogP contribution in [0, 0.1) is 17.3 Å². The van der Waals surface area contributed by atoms with Gasteiger partial charge in [0.05, 0.1) is 0 Å². The summed E-state index contributed by atoms with van der Waals surface area (Å²) in [6.07, 6.45) is 4.39. The Bertz CT molecular complexity index is 260. The van der Waals surface area contributed by atoms with Crippen molar-refractivity contribution in [2.45, 2.75) is 33.6 Å². The van der Waals surface area contributed by atoms with Crippen LogP contribution in [-0.2, 0) is 4.79 Å². The number of carbonyl (C=O) groups excluding carboxylic acids is 1. The van der Waals surface area contributed by atoms with Gasteiger partial charge in [0, 0.05) is 5.41 Å². The Morgan fingerprint density at radius 2 is 2.08 bits per heavy atom. The summed E-state index contributed by atoms with van der Waals surface area (Å²) in [5.41, 5.74) is 1.32. The molecule has 1 fully saturated rings. The van der Waals surface area contributed by atoms with Crippen molar-refractivity contribution in [3.8, 4) is 0 Å². The molecule has 2 atom stereocenters. The van der Waals surface area contributed by atoms with E-state index in [1.165, 1.54) is 18.4 Å². The minimum Gasteiger partial charge on any atom is -0.294 e. The lowest BCUT2D eigenvalue weighted by Gasteiger charge is -2.23. The van der Waals surface area contributed by atoms with Gasteiger partial charge in [0.25, 0.3) is 0 Å². The van der Waals surface area contributed by atoms with Gasteiger partial charge in [0.15, 0.2) is 5.78 Å². The van der Waals surface area contributed by atoms with E-state index in [1.807, 2.05) is 6.08 Å². The minimum atomic E-state index is -0.0971. The van der Waals surface area contributed by atoms with Gasteiger partial charge >= 0.3 is 0 Å². The number of ketones is 1. The van der Waals surface area contributed by atoms with Crippen LogP contribution in [0.2, 0.25) is 0 Å². The fraction of sp³-hybridized carbons (Fsp3) is 0.727. The highest BCUT2D eigenvalue weighted by atomic mass is 16.1. The summed E-state index contributed by atoms with van der Waals surface area (Å²) in [5, 5.41) is 0. The van der Waals surface area contributed by atoms with E-state index >= 15 is 0 Å². The van der Waals surface area contributed by atoms with Crippen LogP contribution in [0.15, 0.2) is 11.6 Å². The van der Waals surface area contributed by atoms with Crippen molar-refractivity contribution in [1.29, 1.82) is 0 Å². The van der Waals surface area contributed by atoms with Crippen LogP contribution >= 0.6 is 0 Å². The molecule has 0 aromatic heterocycles. The Morgan fingerprint density at radius 1 is 1.42 bits per heavy atom. The van der Waals surface area contributed by atoms with E-state index in [-0.39, 0.29) is 5.41 Å². The normalized spacial score (nSPS) is 38.2. The predicted molar refractivity (Wildman–Crippen MR) is 48.8 cm³/mol. The maximum Gasteiger partial charge on any atom is 0.161 e. The van der Waals surface area contributed by atoms with Gasteiger partial charge in [-0.05, 0) is 30.8 Å². The Hall–Kier alpha value is -0.590. The van der Waals surface area contributed by atoms with Gasteiger partial charge in [-0.25, -0.2) is 0 Å². The first kappa shape index (κ1) is 8.03. The molecule has 1 heteroatoms. The third-order valence-electron chi connectivity index (χ3n) is 3.66. The molecule has 12 heavy (non-hydrogen) atoms. The summed E-state index contributed by atoms with van der Waals surface area (Å²) in [6, 6.07) is 0. The zero-order chi connectivity index (χ0) is 8.93. The third-order valence-corrected chi connectivity index (χ3v) is 3.66. The van der Waals surface area contributed by atoms with Crippen molar-refractivity contribution >= 4 is 5.78 Å². The van der Waals surface area contributed by atoms with Gasteiger partial charge in [-0.1, -0.05) is 26.3 Å². The molecule has 0 saturated heterocycles. The van der Waals surface area contributed by atoms with Crippen molar-refractivity contribution in [3.63, 3.8) is 0 Å². The summed E-state index contributed by atoms with van der Waals surface area (Å²) >= 11 is 0. The van der Waals surface area contributed by atoms with Crippen molar-refractivity contribution in [2.75, 3.05) is 0 Å². The highest BCUT2D eigenvalue weighted by molar-refractivity contribution is 5.98. The molecule has 66 valence electrons. The monoisotopic (exact) mass is 164 g/mol. The lowest BCUT2D eigenvalue weighted by molar-refractivity contribution is -0.122. The van der Waals surface area contributed by atoms with E-state index in [0.29, 0.717) is 17.6 Å². The topological polar surface area (TPSA) is 17.1 Å². The molecule has 0 bridgehead atoms. The van der Waals surface area contributed by atoms with Gasteiger partial charge in [0.1, 0.15) is 0 Å². The molecule has 1 nitrogen and oxygen atoms in total. The number of hydrogen-bond donors (Lipinski definition) is 0. The molecule has 0 aromatic carbocycles. The largest absolute Gasteiger partial charge is 0.294 e. The van der Waals surface area contributed by atoms with Gasteiger partial charge in [0.2, 0.25) is 0 Å². The second-order valence-electron chi connectivity index (χ2n) is 4.76. The molecule has 0 aliphatic heterocycles. The van der Waals surface area contributed by atoms with Crippen molar-refractivity contribution in [1.82, 2.24) is 0 Å². The first-order valence-electron chi connectivity index (χ1n) is 4.79. The molecular formula is C11H16O. The summed E-state index contributed by atoms with van der Waals surface area (Å²) in [4.78, 5) is 11.6. The standard InChI is InChI=1S/C11H16O/c1-7-4-5-9-8(7)6-10(12)11(9,2)3/h6-7,9H,4-5H2,1-3H3/t7-,9+/m0/s1. The van der Waals surface area contributed by atoms with Crippen molar-refractivity contribution < 1.29 is 4.79 Å². The number of hydrogen-bond acceptors (Lipinski definition) is 1. The molecule has 0 amide bonds. The highest BCUT2D eigenvalue weighted by Crippen LogP contribution is 2.51. The Morgan fingerprint density at radius 3 is 2.67 bits per heavy atom. The predicted octanol–water partition coefficient (Wildman–Crippen LogP) is 2.57. The van der Waals surface area contributed by atoms with Gasteiger partial charge in [-0.15, -0.1) is 0 Å². The lowest BCUT2D eigenvalue weighted by Crippen LogP contribution is -2.25. The van der Waals surface area contributed by atoms with E-state index in [2.05, 4.69) is 20.8 Å². The van der Waals surface area contributed by atoms with E-state index < -0.39 is 0 Å². The number of fused-ring (bicyclic) bond motifs is 1. The zero-order valence-corrected chi connectivity index (χ0v) is 8.05. The molecule has 0 spiro atoms. The maximum atomic E-state index is 11.6. The fourth-order valence-electron chi connectivity index (χ4n) is 2.62. The molecule has 0 radical (unpaired) electrons. The molecule has 2 rings (SSSR count). The van der Waals surface area contributed by atoms with Crippen molar-refractivity contribution in [2.24, 2.45) is 17.3 Å². The summed E-state index contributed by atoms with van der Waals surface area (Å²) in [5.74, 6) is 1.55. The second-order valence-corrected chi connectivity index (χ2v) is 4.76. The van der Waals surface area contributed by atoms with Crippen molar-refractivity contribution in [3.05, 3.63) is 11.6 Å². The van der Waals surface area contributed by atoms with Crippen LogP contribution in [0.3, 0.4) is 0 Å². The molecule has 1 saturated carbocycles. The Balaban J connectivity index is 2.38. The SMILES string of the molecule is C[C@H]1CC[C@@H]2C1=CC(=O)C2(C)C. The average Bonchev–Trinajstić information content (AvgIpc) is 2.41. The van der Waals surface area contributed by atoms with Crippen LogP contribution in [0.25, 0.3) is 0 Å². The average molecular weight is 164 g/mol. The Labute approximate surface area is 73.8 Å². The number of rotatable bonds is 0. The highest BCUT2D eigenvalue weighted by Gasteiger charge is 2.46. The molecule has 0 aromatic rings. The molecule has 2 aliphatic carbocycles. The van der Waals surface area contributed by atoms with E-state index in [9.17, 15) is 4.79 Å². The van der Waals surface area contributed by atoms with Gasteiger partial charge < -0.3 is 0 Å². The Kier molecular flexibility index (Phi) is 1.48. The first-order chi connectivity index (χ1) is 5.53. The van der Waals surface area contributed by atoms with Gasteiger partial charge in [-0.2, -0.15) is 0 Å². The second kappa shape index (κ2) is 2.21. The maximum absolute atomic E-state index is 11.6. The summed E-state index contributed by atoms with van der Waals surface area (Å²) in [7, 11) is 0. The molecular weight excluding hydrogens is 148 g/mol. The van der Waals surface area contributed by atoms with Gasteiger partial charge in [-0.3, -0.25) is 4.79 Å². The van der Waals surface area contributed by atoms with E-state index in [0.717, 1.165) is 0 Å². The smallest absolute Gasteiger partial charge is 0.161 e. The fourth-order valence-corrected chi connectivity index (χ4v) is 2.62. The van der Waals surface area contributed by atoms with E-state index in [4.69, 9.17) is 0 Å². The number of carbonyl (C=O) groups is 1. The minimum absolute atomic E-state index is 0.0971. The third kappa shape index (κ3) is 0.825. The number of allylic oxidation sites excluding steroid dienone is 2. The molecule has 2 aliphatic rings. The van der Waals surface area contributed by atoms with Crippen LogP contribution < -0.4 is 0 Å². The zero-order valence-electron chi connectivity index (χ0n) is 8.05. The van der Waals surface area contributed by atoms with E-state index in [1.54, 1.807) is 0 Å². The molecule has 0 unspecified atom stereocenters. The molecule has 0 heterocycles. The van der Waals surface area contributed by atoms with Crippen LogP contribution in [0.5, 0.6) is 0 Å². The summed E-state index contributed by atoms with van der Waals surface area (Å²) < 4.78 is 0. The first-order valence-corrected chi connectivity index (χ1v) is 4.79. The van der Waals surface area contributed by atoms with Crippen LogP contribution in [0.4, 0.5) is 0 Å². The van der Waals surface area contributed by atoms with Crippen LogP contribution in [0.1, 0.15) is 33.6 Å². The summed E-state index contributed by atoms with van der Waals surface area (Å²) in [6.45, 7) is 6.41. The lowest BCUT2D eigenvalue weighted by atomic mass is 9.78. The molecule has 0 N–H and O–H groups in total.